The monoisotopic (exact) mass is 196 g/mol. The zero-order valence-corrected chi connectivity index (χ0v) is 7.90. The van der Waals surface area contributed by atoms with Crippen LogP contribution in [0.2, 0.25) is 0 Å². The molecular formula is C8H12N4O2. The molecule has 1 aliphatic rings. The van der Waals surface area contributed by atoms with E-state index in [2.05, 4.69) is 10.4 Å². The van der Waals surface area contributed by atoms with Gasteiger partial charge in [-0.2, -0.15) is 0 Å². The minimum absolute atomic E-state index is 0.388. The SMILES string of the molecule is CNn1cnc2c1CCN(C(=O)O)C2. The molecule has 0 aromatic carbocycles. The van der Waals surface area contributed by atoms with Gasteiger partial charge in [0.15, 0.2) is 0 Å². The molecule has 1 amide bonds. The number of carboxylic acid groups (broad SMARTS) is 1. The summed E-state index contributed by atoms with van der Waals surface area (Å²) < 4.78 is 1.83. The molecule has 0 radical (unpaired) electrons. The molecule has 1 aromatic rings. The third kappa shape index (κ3) is 1.28. The van der Waals surface area contributed by atoms with Crippen molar-refractivity contribution in [1.82, 2.24) is 14.6 Å². The highest BCUT2D eigenvalue weighted by Crippen LogP contribution is 2.16. The fourth-order valence-electron chi connectivity index (χ4n) is 1.66. The van der Waals surface area contributed by atoms with Crippen LogP contribution < -0.4 is 5.43 Å². The van der Waals surface area contributed by atoms with Crippen molar-refractivity contribution in [3.63, 3.8) is 0 Å². The summed E-state index contributed by atoms with van der Waals surface area (Å²) in [7, 11) is 1.81. The van der Waals surface area contributed by atoms with Gasteiger partial charge in [0.05, 0.1) is 17.9 Å². The molecule has 1 aliphatic heterocycles. The van der Waals surface area contributed by atoms with E-state index in [1.54, 1.807) is 6.33 Å². The van der Waals surface area contributed by atoms with Gasteiger partial charge in [-0.1, -0.05) is 0 Å². The number of hydrogen-bond acceptors (Lipinski definition) is 3. The number of rotatable bonds is 1. The van der Waals surface area contributed by atoms with Gasteiger partial charge in [0.25, 0.3) is 0 Å². The van der Waals surface area contributed by atoms with Crippen LogP contribution in [-0.2, 0) is 13.0 Å². The summed E-state index contributed by atoms with van der Waals surface area (Å²) >= 11 is 0. The van der Waals surface area contributed by atoms with Gasteiger partial charge in [0.2, 0.25) is 0 Å². The molecular weight excluding hydrogens is 184 g/mol. The summed E-state index contributed by atoms with van der Waals surface area (Å²) in [5.41, 5.74) is 4.88. The Bertz CT molecular complexity index is 360. The molecule has 0 fully saturated rings. The first-order valence-corrected chi connectivity index (χ1v) is 4.43. The quantitative estimate of drug-likeness (QED) is 0.668. The van der Waals surface area contributed by atoms with Gasteiger partial charge >= 0.3 is 6.09 Å². The van der Waals surface area contributed by atoms with E-state index in [4.69, 9.17) is 5.11 Å². The van der Waals surface area contributed by atoms with Crippen LogP contribution in [0.3, 0.4) is 0 Å². The lowest BCUT2D eigenvalue weighted by molar-refractivity contribution is 0.139. The number of amides is 1. The summed E-state index contributed by atoms with van der Waals surface area (Å²) in [6, 6.07) is 0. The lowest BCUT2D eigenvalue weighted by Gasteiger charge is -2.24. The molecule has 0 saturated carbocycles. The average molecular weight is 196 g/mol. The maximum absolute atomic E-state index is 10.7. The standard InChI is InChI=1S/C8H12N4O2/c1-9-12-5-10-6-4-11(8(13)14)3-2-7(6)12/h5,9H,2-4H2,1H3,(H,13,14). The van der Waals surface area contributed by atoms with E-state index >= 15 is 0 Å². The normalized spacial score (nSPS) is 15.1. The number of nitrogens with zero attached hydrogens (tertiary/aromatic N) is 3. The zero-order chi connectivity index (χ0) is 10.1. The van der Waals surface area contributed by atoms with Gasteiger partial charge in [0.1, 0.15) is 6.33 Å². The molecule has 2 heterocycles. The molecule has 76 valence electrons. The first kappa shape index (κ1) is 8.86. The molecule has 2 rings (SSSR count). The number of carbonyl (C=O) groups is 1. The first-order valence-electron chi connectivity index (χ1n) is 4.43. The Morgan fingerprint density at radius 2 is 2.50 bits per heavy atom. The van der Waals surface area contributed by atoms with Gasteiger partial charge < -0.3 is 15.4 Å². The molecule has 6 nitrogen and oxygen atoms in total. The smallest absolute Gasteiger partial charge is 0.407 e. The summed E-state index contributed by atoms with van der Waals surface area (Å²) in [6.07, 6.45) is 1.51. The maximum Gasteiger partial charge on any atom is 0.407 e. The second-order valence-corrected chi connectivity index (χ2v) is 3.19. The van der Waals surface area contributed by atoms with Crippen LogP contribution in [0.25, 0.3) is 0 Å². The van der Waals surface area contributed by atoms with Gasteiger partial charge in [-0.15, -0.1) is 0 Å². The summed E-state index contributed by atoms with van der Waals surface area (Å²) in [4.78, 5) is 16.2. The predicted octanol–water partition coefficient (Wildman–Crippen LogP) is 0.0925. The fourth-order valence-corrected chi connectivity index (χ4v) is 1.66. The van der Waals surface area contributed by atoms with Gasteiger partial charge in [-0.25, -0.2) is 9.78 Å². The highest BCUT2D eigenvalue weighted by Gasteiger charge is 2.23. The number of aromatic nitrogens is 2. The Labute approximate surface area is 81.1 Å². The Hall–Kier alpha value is -1.72. The zero-order valence-electron chi connectivity index (χ0n) is 7.90. The van der Waals surface area contributed by atoms with E-state index in [9.17, 15) is 4.79 Å². The molecule has 0 atom stereocenters. The number of nitrogens with one attached hydrogen (secondary N) is 1. The van der Waals surface area contributed by atoms with E-state index in [0.717, 1.165) is 11.4 Å². The lowest BCUT2D eigenvalue weighted by Crippen LogP contribution is -2.35. The van der Waals surface area contributed by atoms with Gasteiger partial charge in [-0.3, -0.25) is 4.68 Å². The highest BCUT2D eigenvalue weighted by molar-refractivity contribution is 5.65. The first-order chi connectivity index (χ1) is 6.72. The molecule has 0 saturated heterocycles. The van der Waals surface area contributed by atoms with E-state index in [1.807, 2.05) is 11.7 Å². The molecule has 0 unspecified atom stereocenters. The van der Waals surface area contributed by atoms with Crippen LogP contribution in [0.5, 0.6) is 0 Å². The Morgan fingerprint density at radius 3 is 3.14 bits per heavy atom. The van der Waals surface area contributed by atoms with Crippen molar-refractivity contribution in [3.05, 3.63) is 17.7 Å². The maximum atomic E-state index is 10.7. The van der Waals surface area contributed by atoms with Crippen LogP contribution in [0.4, 0.5) is 4.79 Å². The van der Waals surface area contributed by atoms with Crippen LogP contribution in [0, 0.1) is 0 Å². The van der Waals surface area contributed by atoms with Crippen LogP contribution in [0.15, 0.2) is 6.33 Å². The average Bonchev–Trinajstić information content (AvgIpc) is 2.59. The van der Waals surface area contributed by atoms with Crippen molar-refractivity contribution in [2.75, 3.05) is 19.0 Å². The molecule has 2 N–H and O–H groups in total. The predicted molar refractivity (Wildman–Crippen MR) is 49.7 cm³/mol. The van der Waals surface area contributed by atoms with Crippen molar-refractivity contribution in [3.8, 4) is 0 Å². The second kappa shape index (κ2) is 3.21. The van der Waals surface area contributed by atoms with Crippen molar-refractivity contribution in [1.29, 1.82) is 0 Å². The minimum atomic E-state index is -0.880. The lowest BCUT2D eigenvalue weighted by atomic mass is 10.1. The fraction of sp³-hybridized carbons (Fsp3) is 0.500. The van der Waals surface area contributed by atoms with E-state index in [1.165, 1.54) is 4.90 Å². The second-order valence-electron chi connectivity index (χ2n) is 3.19. The van der Waals surface area contributed by atoms with E-state index in [-0.39, 0.29) is 0 Å². The molecule has 6 heteroatoms. The summed E-state index contributed by atoms with van der Waals surface area (Å²) in [5, 5.41) is 8.80. The molecule has 0 spiro atoms. The van der Waals surface area contributed by atoms with Gasteiger partial charge in [0, 0.05) is 20.0 Å². The largest absolute Gasteiger partial charge is 0.465 e. The van der Waals surface area contributed by atoms with Crippen molar-refractivity contribution in [2.24, 2.45) is 0 Å². The van der Waals surface area contributed by atoms with Crippen molar-refractivity contribution < 1.29 is 9.90 Å². The Balaban J connectivity index is 2.24. The van der Waals surface area contributed by atoms with E-state index < -0.39 is 6.09 Å². The van der Waals surface area contributed by atoms with Crippen LogP contribution >= 0.6 is 0 Å². The summed E-state index contributed by atoms with van der Waals surface area (Å²) in [5.74, 6) is 0. The molecule has 0 aliphatic carbocycles. The van der Waals surface area contributed by atoms with Crippen molar-refractivity contribution in [2.45, 2.75) is 13.0 Å². The molecule has 0 bridgehead atoms. The highest BCUT2D eigenvalue weighted by atomic mass is 16.4. The third-order valence-corrected chi connectivity index (χ3v) is 2.42. The van der Waals surface area contributed by atoms with Gasteiger partial charge in [-0.05, 0) is 0 Å². The van der Waals surface area contributed by atoms with Crippen LogP contribution in [0.1, 0.15) is 11.4 Å². The van der Waals surface area contributed by atoms with E-state index in [0.29, 0.717) is 19.5 Å². The molecule has 14 heavy (non-hydrogen) atoms. The number of imidazole rings is 1. The number of fused-ring (bicyclic) bond motifs is 1. The third-order valence-electron chi connectivity index (χ3n) is 2.42. The Morgan fingerprint density at radius 1 is 1.71 bits per heavy atom. The topological polar surface area (TPSA) is 70.4 Å². The number of hydrogen-bond donors (Lipinski definition) is 2. The van der Waals surface area contributed by atoms with Crippen molar-refractivity contribution >= 4 is 6.09 Å². The Kier molecular flexibility index (Phi) is 2.03. The van der Waals surface area contributed by atoms with Crippen LogP contribution in [-0.4, -0.2) is 39.4 Å². The summed E-state index contributed by atoms with van der Waals surface area (Å²) in [6.45, 7) is 0.926. The minimum Gasteiger partial charge on any atom is -0.465 e. The molecule has 1 aromatic heterocycles.